The van der Waals surface area contributed by atoms with Crippen molar-refractivity contribution in [3.63, 3.8) is 0 Å². The Labute approximate surface area is 225 Å². The summed E-state index contributed by atoms with van der Waals surface area (Å²) in [5.41, 5.74) is -0.341. The molecule has 0 N–H and O–H groups in total. The molecule has 3 heterocycles. The lowest BCUT2D eigenvalue weighted by atomic mass is 9.85. The Balaban J connectivity index is 1.39. The highest BCUT2D eigenvalue weighted by molar-refractivity contribution is 5.86. The van der Waals surface area contributed by atoms with E-state index < -0.39 is 24.5 Å². The summed E-state index contributed by atoms with van der Waals surface area (Å²) < 4.78 is 24.2. The molecule has 0 amide bonds. The summed E-state index contributed by atoms with van der Waals surface area (Å²) in [5, 5.41) is 0. The molecule has 3 saturated heterocycles. The Morgan fingerprint density at radius 3 is 1.95 bits per heavy atom. The quantitative estimate of drug-likeness (QED) is 0.244. The lowest BCUT2D eigenvalue weighted by Gasteiger charge is -2.47. The lowest BCUT2D eigenvalue weighted by Crippen LogP contribution is -2.60. The van der Waals surface area contributed by atoms with Crippen LogP contribution in [0.4, 0.5) is 4.79 Å². The van der Waals surface area contributed by atoms with E-state index in [2.05, 4.69) is 0 Å². The second kappa shape index (κ2) is 11.5. The average molecular weight is 523 g/mol. The van der Waals surface area contributed by atoms with Gasteiger partial charge >= 0.3 is 12.1 Å². The van der Waals surface area contributed by atoms with Gasteiger partial charge in [0.25, 0.3) is 0 Å². The number of rotatable bonds is 9. The van der Waals surface area contributed by atoms with Crippen molar-refractivity contribution in [2.75, 3.05) is 26.5 Å². The van der Waals surface area contributed by atoms with Crippen LogP contribution in [-0.4, -0.2) is 61.3 Å². The molecule has 2 aromatic rings. The Morgan fingerprint density at radius 2 is 1.42 bits per heavy atom. The number of ether oxygens (including phenoxy) is 4. The number of benzene rings is 2. The van der Waals surface area contributed by atoms with Crippen molar-refractivity contribution >= 4 is 12.1 Å². The van der Waals surface area contributed by atoms with Crippen molar-refractivity contribution in [3.05, 3.63) is 71.8 Å². The van der Waals surface area contributed by atoms with Gasteiger partial charge in [0.15, 0.2) is 6.79 Å². The van der Waals surface area contributed by atoms with Gasteiger partial charge in [-0.1, -0.05) is 74.5 Å². The topological polar surface area (TPSA) is 71.1 Å². The highest BCUT2D eigenvalue weighted by atomic mass is 16.8. The molecule has 0 aliphatic carbocycles. The molecule has 38 heavy (non-hydrogen) atoms. The van der Waals surface area contributed by atoms with Crippen LogP contribution in [0, 0.1) is 5.92 Å². The zero-order chi connectivity index (χ0) is 26.6. The lowest BCUT2D eigenvalue weighted by molar-refractivity contribution is -0.956. The molecule has 0 radical (unpaired) electrons. The molecule has 1 spiro atoms. The van der Waals surface area contributed by atoms with Gasteiger partial charge in [0.2, 0.25) is 5.60 Å². The maximum absolute atomic E-state index is 14.2. The largest absolute Gasteiger partial charge is 0.510 e. The summed E-state index contributed by atoms with van der Waals surface area (Å²) in [6.07, 6.45) is 5.82. The number of carbonyl (C=O) groups is 2. The summed E-state index contributed by atoms with van der Waals surface area (Å²) in [4.78, 5) is 26.4. The third kappa shape index (κ3) is 5.19. The van der Waals surface area contributed by atoms with Crippen LogP contribution in [-0.2, 0) is 29.3 Å². The van der Waals surface area contributed by atoms with Crippen molar-refractivity contribution in [1.82, 2.24) is 0 Å². The van der Waals surface area contributed by atoms with Crippen LogP contribution >= 0.6 is 0 Å². The predicted molar refractivity (Wildman–Crippen MR) is 142 cm³/mol. The smallest absolute Gasteiger partial charge is 0.459 e. The molecule has 7 nitrogen and oxygen atoms in total. The molecule has 0 aromatic heterocycles. The Bertz CT molecular complexity index is 1030. The minimum atomic E-state index is -1.59. The summed E-state index contributed by atoms with van der Waals surface area (Å²) in [7, 11) is 0. The van der Waals surface area contributed by atoms with E-state index in [1.165, 1.54) is 43.3 Å². The first-order valence-electron chi connectivity index (χ1n) is 14.1. The van der Waals surface area contributed by atoms with E-state index in [0.29, 0.717) is 23.2 Å². The van der Waals surface area contributed by atoms with Crippen LogP contribution in [0.2, 0.25) is 0 Å². The standard InChI is InChI=1S/C31H40NO6/c1-23(2)21-35-30(34)36-22-37-31(24-11-5-3-6-12-24,25-13-7-4-8-14-25)29(33)38-28-19-26-15-16-27(20-28)32(26)17-9-10-18-32/h3-8,11-14,23,26-28H,9-10,15-22H2,1-2H3/q+1. The normalized spacial score (nSPS) is 23.9. The summed E-state index contributed by atoms with van der Waals surface area (Å²) in [5.74, 6) is -0.299. The second-order valence-electron chi connectivity index (χ2n) is 11.4. The Morgan fingerprint density at radius 1 is 0.868 bits per heavy atom. The summed E-state index contributed by atoms with van der Waals surface area (Å²) in [6.45, 7) is 6.21. The summed E-state index contributed by atoms with van der Waals surface area (Å²) >= 11 is 0. The number of quaternary nitrogens is 1. The van der Waals surface area contributed by atoms with Crippen molar-refractivity contribution < 1.29 is 33.0 Å². The predicted octanol–water partition coefficient (Wildman–Crippen LogP) is 5.56. The zero-order valence-electron chi connectivity index (χ0n) is 22.6. The van der Waals surface area contributed by atoms with Gasteiger partial charge in [-0.25, -0.2) is 9.59 Å². The van der Waals surface area contributed by atoms with E-state index in [1.54, 1.807) is 0 Å². The SMILES string of the molecule is CC(C)COC(=O)OCOC(C(=O)OC1CC2CCC(C1)[N+]21CCCC1)(c1ccccc1)c1ccccc1. The van der Waals surface area contributed by atoms with Gasteiger partial charge in [0.05, 0.1) is 31.8 Å². The maximum atomic E-state index is 14.2. The van der Waals surface area contributed by atoms with Gasteiger partial charge in [0.1, 0.15) is 6.10 Å². The van der Waals surface area contributed by atoms with Crippen LogP contribution in [0.5, 0.6) is 0 Å². The van der Waals surface area contributed by atoms with Crippen molar-refractivity contribution in [1.29, 1.82) is 0 Å². The first-order valence-corrected chi connectivity index (χ1v) is 14.1. The molecule has 3 aliphatic rings. The molecule has 204 valence electrons. The molecule has 2 atom stereocenters. The van der Waals surface area contributed by atoms with E-state index >= 15 is 0 Å². The third-order valence-corrected chi connectivity index (χ3v) is 8.66. The van der Waals surface area contributed by atoms with Gasteiger partial charge in [-0.3, -0.25) is 0 Å². The van der Waals surface area contributed by atoms with E-state index in [4.69, 9.17) is 18.9 Å². The van der Waals surface area contributed by atoms with Crippen LogP contribution in [0.25, 0.3) is 0 Å². The van der Waals surface area contributed by atoms with Crippen molar-refractivity contribution in [2.24, 2.45) is 5.92 Å². The first-order chi connectivity index (χ1) is 18.4. The molecular weight excluding hydrogens is 482 g/mol. The molecule has 2 bridgehead atoms. The molecule has 2 unspecified atom stereocenters. The Kier molecular flexibility index (Phi) is 8.05. The molecule has 0 saturated carbocycles. The van der Waals surface area contributed by atoms with Gasteiger partial charge in [-0.05, 0) is 17.0 Å². The van der Waals surface area contributed by atoms with Gasteiger partial charge < -0.3 is 23.4 Å². The fraction of sp³-hybridized carbons (Fsp3) is 0.548. The molecule has 5 rings (SSSR count). The molecule has 3 fully saturated rings. The van der Waals surface area contributed by atoms with Crippen molar-refractivity contribution in [3.8, 4) is 0 Å². The van der Waals surface area contributed by atoms with Crippen LogP contribution in [0.1, 0.15) is 63.5 Å². The zero-order valence-corrected chi connectivity index (χ0v) is 22.6. The van der Waals surface area contributed by atoms with E-state index in [-0.39, 0.29) is 18.6 Å². The van der Waals surface area contributed by atoms with Gasteiger partial charge in [0, 0.05) is 38.5 Å². The molecule has 7 heteroatoms. The third-order valence-electron chi connectivity index (χ3n) is 8.66. The van der Waals surface area contributed by atoms with Crippen LogP contribution < -0.4 is 0 Å². The van der Waals surface area contributed by atoms with Crippen LogP contribution in [0.15, 0.2) is 60.7 Å². The fourth-order valence-electron chi connectivity index (χ4n) is 6.96. The van der Waals surface area contributed by atoms with Gasteiger partial charge in [-0.2, -0.15) is 0 Å². The molecule has 3 aliphatic heterocycles. The second-order valence-corrected chi connectivity index (χ2v) is 11.4. The Hall–Kier alpha value is -2.90. The van der Waals surface area contributed by atoms with Crippen LogP contribution in [0.3, 0.4) is 0 Å². The highest BCUT2D eigenvalue weighted by Crippen LogP contribution is 2.47. The monoisotopic (exact) mass is 522 g/mol. The molecular formula is C31H40NO6+. The fourth-order valence-corrected chi connectivity index (χ4v) is 6.96. The number of esters is 1. The molecule has 2 aromatic carbocycles. The average Bonchev–Trinajstić information content (AvgIpc) is 3.47. The maximum Gasteiger partial charge on any atom is 0.510 e. The minimum Gasteiger partial charge on any atom is -0.459 e. The highest BCUT2D eigenvalue weighted by Gasteiger charge is 2.57. The van der Waals surface area contributed by atoms with Gasteiger partial charge in [-0.15, -0.1) is 0 Å². The van der Waals surface area contributed by atoms with E-state index in [0.717, 1.165) is 12.8 Å². The number of hydrogen-bond acceptors (Lipinski definition) is 6. The number of carbonyl (C=O) groups excluding carboxylic acids is 2. The minimum absolute atomic E-state index is 0.156. The van der Waals surface area contributed by atoms with E-state index in [1.807, 2.05) is 74.5 Å². The number of nitrogens with zero attached hydrogens (tertiary/aromatic N) is 1. The first kappa shape index (κ1) is 26.7. The van der Waals surface area contributed by atoms with Crippen molar-refractivity contribution in [2.45, 2.75) is 76.2 Å². The number of piperidine rings is 1. The summed E-state index contributed by atoms with van der Waals surface area (Å²) in [6, 6.07) is 19.8. The van der Waals surface area contributed by atoms with E-state index in [9.17, 15) is 9.59 Å². The number of hydrogen-bond donors (Lipinski definition) is 0.